The van der Waals surface area contributed by atoms with Gasteiger partial charge in [0.05, 0.1) is 35.1 Å². The van der Waals surface area contributed by atoms with E-state index in [1.54, 1.807) is 18.0 Å². The van der Waals surface area contributed by atoms with Gasteiger partial charge in [-0.3, -0.25) is 23.9 Å². The Morgan fingerprint density at radius 3 is 2.53 bits per heavy atom. The standard InChI is InChI=1S/C44H55N3O10S/c1-25-6-4-5-7-29-22-44(29,42(51)46-58(52,53)43(3)11-12-43)23-36(48)35-20-31(57-40-33-8-9-37-39(55-15-14-54-37)32(33)10-13-45-40)24-47(35)41(50)34(26(2)16-25)21-38(49)56-30-18-27-17-28(27)19-30/h5,7-10,13,25-31,34-35H,4,6,11-12,14-24H2,1-3H3,(H,46,51)/b7-5-/t25-,26-,27-,28+,29-,30?,31-,34+,35+,44-/m1/s1. The summed E-state index contributed by atoms with van der Waals surface area (Å²) in [7, 11) is -3.95. The molecule has 10 atom stereocenters. The Bertz CT molecular complexity index is 2140. The molecule has 3 aliphatic heterocycles. The molecule has 7 aliphatic rings. The SMILES string of the molecule is C[C@@H]1CC/C=C\[C@@H]2C[C@@]2(C(=O)NS(=O)(=O)C2(C)CC2)CC(=O)[C@@H]2C[C@@H](Oc3nccc4c5c(ccc34)OCCO5)CN2C(=O)[C@@H](CC(=O)OC2C[C@@H]3C[C@@H]3C2)[C@H](C)C1. The van der Waals surface area contributed by atoms with E-state index in [0.29, 0.717) is 73.5 Å². The zero-order chi connectivity index (χ0) is 40.6. The zero-order valence-electron chi connectivity index (χ0n) is 33.7. The number of benzene rings is 1. The molecule has 0 spiro atoms. The van der Waals surface area contributed by atoms with Gasteiger partial charge in [-0.1, -0.05) is 26.0 Å². The Labute approximate surface area is 340 Å². The second-order valence-electron chi connectivity index (χ2n) is 18.8. The van der Waals surface area contributed by atoms with Crippen LogP contribution >= 0.6 is 0 Å². The molecule has 1 unspecified atom stereocenters. The summed E-state index contributed by atoms with van der Waals surface area (Å²) in [5.74, 6) is 0.0693. The minimum absolute atomic E-state index is 0.0624. The number of rotatable bonds is 8. The number of Topliss-reactive ketones (excluding diaryl/α,β-unsaturated/α-hetero) is 1. The highest BCUT2D eigenvalue weighted by molar-refractivity contribution is 7.91. The molecule has 5 fully saturated rings. The maximum atomic E-state index is 15.0. The van der Waals surface area contributed by atoms with E-state index >= 15 is 4.79 Å². The van der Waals surface area contributed by atoms with Crippen LogP contribution in [-0.4, -0.2) is 84.6 Å². The number of carbonyl (C=O) groups excluding carboxylic acids is 4. The van der Waals surface area contributed by atoms with Crippen LogP contribution in [0.3, 0.4) is 0 Å². The number of fused-ring (bicyclic) bond motifs is 6. The number of allylic oxidation sites excluding steroid dienone is 2. The van der Waals surface area contributed by atoms with Gasteiger partial charge in [0.15, 0.2) is 17.3 Å². The summed E-state index contributed by atoms with van der Waals surface area (Å²) in [6.45, 7) is 6.69. The minimum atomic E-state index is -3.95. The van der Waals surface area contributed by atoms with E-state index in [1.165, 1.54) is 6.42 Å². The van der Waals surface area contributed by atoms with E-state index in [-0.39, 0.29) is 61.4 Å². The highest BCUT2D eigenvalue weighted by Crippen LogP contribution is 2.58. The van der Waals surface area contributed by atoms with Crippen LogP contribution in [0, 0.1) is 40.9 Å². The van der Waals surface area contributed by atoms with Gasteiger partial charge in [0.1, 0.15) is 25.4 Å². The average molecular weight is 818 g/mol. The number of hydrogen-bond acceptors (Lipinski definition) is 11. The summed E-state index contributed by atoms with van der Waals surface area (Å²) in [6.07, 6.45) is 11.1. The van der Waals surface area contributed by atoms with Crippen molar-refractivity contribution in [2.24, 2.45) is 40.9 Å². The van der Waals surface area contributed by atoms with Gasteiger partial charge in [-0.15, -0.1) is 0 Å². The number of amides is 2. The molecule has 2 amide bonds. The molecule has 9 rings (SSSR count). The average Bonchev–Trinajstić information content (AvgIpc) is 4.15. The fourth-order valence-electron chi connectivity index (χ4n) is 10.2. The highest BCUT2D eigenvalue weighted by Gasteiger charge is 2.63. The smallest absolute Gasteiger partial charge is 0.306 e. The Morgan fingerprint density at radius 1 is 0.983 bits per heavy atom. The number of carbonyl (C=O) groups is 4. The van der Waals surface area contributed by atoms with Gasteiger partial charge < -0.3 is 23.8 Å². The van der Waals surface area contributed by atoms with E-state index < -0.39 is 50.1 Å². The van der Waals surface area contributed by atoms with Gasteiger partial charge in [0, 0.05) is 29.8 Å². The Balaban J connectivity index is 1.02. The van der Waals surface area contributed by atoms with Gasteiger partial charge in [-0.25, -0.2) is 13.4 Å². The van der Waals surface area contributed by atoms with Crippen molar-refractivity contribution in [3.05, 3.63) is 36.5 Å². The van der Waals surface area contributed by atoms with E-state index in [4.69, 9.17) is 18.9 Å². The third kappa shape index (κ3) is 7.47. The van der Waals surface area contributed by atoms with Gasteiger partial charge in [0.25, 0.3) is 0 Å². The molecule has 14 heteroatoms. The number of esters is 1. The van der Waals surface area contributed by atoms with Crippen LogP contribution in [0.25, 0.3) is 10.8 Å². The summed E-state index contributed by atoms with van der Waals surface area (Å²) in [6, 6.07) is 4.52. The van der Waals surface area contributed by atoms with Crippen molar-refractivity contribution in [1.82, 2.24) is 14.6 Å². The molecule has 1 saturated heterocycles. The number of aromatic nitrogens is 1. The Morgan fingerprint density at radius 2 is 1.76 bits per heavy atom. The van der Waals surface area contributed by atoms with Crippen LogP contribution < -0.4 is 18.9 Å². The molecule has 1 aromatic carbocycles. The molecule has 2 aromatic rings. The van der Waals surface area contributed by atoms with E-state index in [0.717, 1.165) is 31.1 Å². The number of pyridine rings is 1. The Hall–Kier alpha value is -4.20. The molecule has 13 nitrogen and oxygen atoms in total. The van der Waals surface area contributed by atoms with Crippen molar-refractivity contribution >= 4 is 44.4 Å². The van der Waals surface area contributed by atoms with Crippen LogP contribution in [0.2, 0.25) is 0 Å². The van der Waals surface area contributed by atoms with Gasteiger partial charge >= 0.3 is 5.97 Å². The lowest BCUT2D eigenvalue weighted by molar-refractivity contribution is -0.155. The van der Waals surface area contributed by atoms with Crippen LogP contribution in [0.4, 0.5) is 0 Å². The van der Waals surface area contributed by atoms with Gasteiger partial charge in [0.2, 0.25) is 27.7 Å². The van der Waals surface area contributed by atoms with E-state index in [9.17, 15) is 22.8 Å². The predicted octanol–water partition coefficient (Wildman–Crippen LogP) is 5.68. The quantitative estimate of drug-likeness (QED) is 0.257. The molecule has 4 aliphatic carbocycles. The predicted molar refractivity (Wildman–Crippen MR) is 212 cm³/mol. The molecule has 1 aromatic heterocycles. The van der Waals surface area contributed by atoms with Crippen LogP contribution in [-0.2, 0) is 33.9 Å². The lowest BCUT2D eigenvalue weighted by atomic mass is 9.82. The van der Waals surface area contributed by atoms with Crippen LogP contribution in [0.1, 0.15) is 97.8 Å². The van der Waals surface area contributed by atoms with Crippen molar-refractivity contribution < 1.29 is 46.5 Å². The highest BCUT2D eigenvalue weighted by atomic mass is 32.2. The van der Waals surface area contributed by atoms with Gasteiger partial charge in [-0.05, 0) is 112 Å². The topological polar surface area (TPSA) is 168 Å². The molecule has 312 valence electrons. The molecule has 0 radical (unpaired) electrons. The first-order valence-electron chi connectivity index (χ1n) is 21.3. The molecule has 58 heavy (non-hydrogen) atoms. The minimum Gasteiger partial charge on any atom is -0.486 e. The van der Waals surface area contributed by atoms with Crippen molar-refractivity contribution in [2.45, 2.75) is 121 Å². The van der Waals surface area contributed by atoms with E-state index in [2.05, 4.69) is 16.6 Å². The maximum Gasteiger partial charge on any atom is 0.306 e. The fourth-order valence-corrected chi connectivity index (χ4v) is 11.6. The first-order chi connectivity index (χ1) is 27.7. The zero-order valence-corrected chi connectivity index (χ0v) is 34.5. The number of ketones is 1. The lowest BCUT2D eigenvalue weighted by Crippen LogP contribution is -2.48. The lowest BCUT2D eigenvalue weighted by Gasteiger charge is -2.32. The molecule has 4 heterocycles. The summed E-state index contributed by atoms with van der Waals surface area (Å²) in [5, 5.41) is 1.45. The Kier molecular flexibility index (Phi) is 10.0. The number of nitrogens with one attached hydrogen (secondary N) is 1. The first kappa shape index (κ1) is 39.3. The molecule has 1 N–H and O–H groups in total. The van der Waals surface area contributed by atoms with Crippen molar-refractivity contribution in [2.75, 3.05) is 19.8 Å². The number of nitrogens with zero attached hydrogens (tertiary/aromatic N) is 2. The fraction of sp³-hybridized carbons (Fsp3) is 0.659. The first-order valence-corrected chi connectivity index (χ1v) is 22.8. The molecular weight excluding hydrogens is 763 g/mol. The second-order valence-corrected chi connectivity index (χ2v) is 20.9. The molecule has 0 bridgehead atoms. The number of hydrogen-bond donors (Lipinski definition) is 1. The van der Waals surface area contributed by atoms with Crippen molar-refractivity contribution in [3.8, 4) is 17.4 Å². The number of sulfonamides is 1. The van der Waals surface area contributed by atoms with Crippen molar-refractivity contribution in [3.63, 3.8) is 0 Å². The van der Waals surface area contributed by atoms with Gasteiger partial charge in [-0.2, -0.15) is 0 Å². The third-order valence-electron chi connectivity index (χ3n) is 14.4. The second kappa shape index (κ2) is 14.8. The summed E-state index contributed by atoms with van der Waals surface area (Å²) >= 11 is 0. The molecule has 4 saturated carbocycles. The monoisotopic (exact) mass is 817 g/mol. The summed E-state index contributed by atoms with van der Waals surface area (Å²) in [4.78, 5) is 63.6. The summed E-state index contributed by atoms with van der Waals surface area (Å²) < 4.78 is 52.2. The largest absolute Gasteiger partial charge is 0.486 e. The van der Waals surface area contributed by atoms with Crippen LogP contribution in [0.15, 0.2) is 36.5 Å². The third-order valence-corrected chi connectivity index (χ3v) is 16.5. The summed E-state index contributed by atoms with van der Waals surface area (Å²) in [5.41, 5.74) is -1.26. The van der Waals surface area contributed by atoms with Crippen LogP contribution in [0.5, 0.6) is 17.4 Å². The molecular formula is C44H55N3O10S. The maximum absolute atomic E-state index is 15.0. The number of ether oxygens (including phenoxy) is 4. The normalized spacial score (nSPS) is 35.7. The van der Waals surface area contributed by atoms with E-state index in [1.807, 2.05) is 37.3 Å². The van der Waals surface area contributed by atoms with Crippen molar-refractivity contribution in [1.29, 1.82) is 0 Å².